The molecule has 2 aromatic heterocycles. The summed E-state index contributed by atoms with van der Waals surface area (Å²) in [4.78, 5) is 19.1. The number of aliphatic hydroxyl groups excluding tert-OH is 1. The Morgan fingerprint density at radius 3 is 3.09 bits per heavy atom. The van der Waals surface area contributed by atoms with Gasteiger partial charge in [-0.05, 0) is 13.0 Å². The molecule has 23 heavy (non-hydrogen) atoms. The fourth-order valence-electron chi connectivity index (χ4n) is 2.82. The number of aliphatic hydroxyl groups is 1. The van der Waals surface area contributed by atoms with Gasteiger partial charge >= 0.3 is 5.97 Å². The zero-order valence-electron chi connectivity index (χ0n) is 13.6. The molecule has 124 valence electrons. The highest BCUT2D eigenvalue weighted by molar-refractivity contribution is 5.86. The Kier molecular flexibility index (Phi) is 3.38. The first-order chi connectivity index (χ1) is 11.3. The Morgan fingerprint density at radius 1 is 1.70 bits per heavy atom. The lowest BCUT2D eigenvalue weighted by molar-refractivity contribution is -0.155. The zero-order chi connectivity index (χ0) is 17.6. The number of carbonyl (C=O) groups is 1. The average molecular weight is 326 g/mol. The Labute approximate surface area is 132 Å². The molecule has 3 heterocycles. The van der Waals surface area contributed by atoms with Crippen LogP contribution in [0, 0.1) is 0 Å². The second kappa shape index (κ2) is 5.43. The Hall–Kier alpha value is -2.26. The van der Waals surface area contributed by atoms with E-state index >= 15 is 4.39 Å². The summed E-state index contributed by atoms with van der Waals surface area (Å²) in [5.41, 5.74) is 3.82. The molecule has 0 bridgehead atoms. The van der Waals surface area contributed by atoms with Crippen LogP contribution in [0.2, 0.25) is 0 Å². The number of anilines is 1. The molecule has 3 rings (SSSR count). The molecule has 1 aliphatic rings. The van der Waals surface area contributed by atoms with Crippen LogP contribution in [0.5, 0.6) is 0 Å². The van der Waals surface area contributed by atoms with Crippen molar-refractivity contribution in [2.24, 2.45) is 0 Å². The third-order valence-electron chi connectivity index (χ3n) is 3.86. The maximum absolute atomic E-state index is 15.4. The minimum Gasteiger partial charge on any atom is -0.456 e. The Balaban J connectivity index is 2.10. The van der Waals surface area contributed by atoms with Gasteiger partial charge in [0.05, 0.1) is 13.4 Å². The van der Waals surface area contributed by atoms with Gasteiger partial charge in [-0.2, -0.15) is 0 Å². The number of nitrogen functional groups attached to an aromatic ring is 1. The number of nitrogens with two attached hydrogens (primary N) is 1. The lowest BCUT2D eigenvalue weighted by Gasteiger charge is -2.27. The summed E-state index contributed by atoms with van der Waals surface area (Å²) in [7, 11) is 0. The Morgan fingerprint density at radius 2 is 2.43 bits per heavy atom. The van der Waals surface area contributed by atoms with E-state index in [1.807, 2.05) is 0 Å². The van der Waals surface area contributed by atoms with Crippen molar-refractivity contribution in [1.29, 1.82) is 0 Å². The molecule has 0 amide bonds. The molecule has 4 atom stereocenters. The quantitative estimate of drug-likeness (QED) is 0.793. The first kappa shape index (κ1) is 14.3. The molecular formula is C14H17FN4O4. The Bertz CT molecular complexity index is 796. The largest absolute Gasteiger partial charge is 0.456 e. The minimum absolute atomic E-state index is 0.0129. The third-order valence-corrected chi connectivity index (χ3v) is 3.86. The van der Waals surface area contributed by atoms with E-state index in [1.165, 1.54) is 24.0 Å². The number of alkyl halides is 1. The first-order valence-electron chi connectivity index (χ1n) is 7.47. The van der Waals surface area contributed by atoms with Gasteiger partial charge in [0, 0.05) is 13.1 Å². The normalized spacial score (nSPS) is 31.3. The highest BCUT2D eigenvalue weighted by atomic mass is 19.1. The van der Waals surface area contributed by atoms with E-state index < -0.39 is 36.7 Å². The minimum atomic E-state index is -2.16. The molecule has 0 spiro atoms. The van der Waals surface area contributed by atoms with Crippen LogP contribution in [0.3, 0.4) is 0 Å². The standard InChI is InChI=1S/C14H17FN4O4/c1-7(21)22-10-9(5-20)23-13(14(10,2)15)19-4-3-8-11(16)17-6-18-12(8)19/h3-4,6,9-10,13,20H,5H2,1-2H3,(H2,16,17,18)/t9?,10?,13?,14-/m0/s1/i3T. The second-order valence-corrected chi connectivity index (χ2v) is 5.53. The third kappa shape index (κ3) is 2.41. The van der Waals surface area contributed by atoms with Crippen molar-refractivity contribution in [2.75, 3.05) is 12.3 Å². The molecule has 9 heteroatoms. The smallest absolute Gasteiger partial charge is 0.303 e. The van der Waals surface area contributed by atoms with Gasteiger partial charge in [0.2, 0.25) is 0 Å². The van der Waals surface area contributed by atoms with Crippen LogP contribution >= 0.6 is 0 Å². The number of carbonyl (C=O) groups excluding carboxylic acids is 1. The number of halogens is 1. The van der Waals surface area contributed by atoms with Crippen molar-refractivity contribution < 1.29 is 25.1 Å². The lowest BCUT2D eigenvalue weighted by atomic mass is 9.98. The molecule has 1 saturated heterocycles. The van der Waals surface area contributed by atoms with Crippen LogP contribution in [0.25, 0.3) is 11.0 Å². The number of aromatic nitrogens is 3. The van der Waals surface area contributed by atoms with E-state index in [-0.39, 0.29) is 22.9 Å². The highest BCUT2D eigenvalue weighted by Gasteiger charge is 2.57. The molecule has 8 nitrogen and oxygen atoms in total. The van der Waals surface area contributed by atoms with Crippen LogP contribution in [-0.4, -0.2) is 50.1 Å². The number of esters is 1. The van der Waals surface area contributed by atoms with E-state index in [2.05, 4.69) is 9.97 Å². The summed E-state index contributed by atoms with van der Waals surface area (Å²) in [6, 6.07) is 0.0129. The van der Waals surface area contributed by atoms with Crippen molar-refractivity contribution in [1.82, 2.24) is 14.5 Å². The number of fused-ring (bicyclic) bond motifs is 1. The number of hydrogen-bond acceptors (Lipinski definition) is 7. The van der Waals surface area contributed by atoms with E-state index in [1.54, 1.807) is 0 Å². The van der Waals surface area contributed by atoms with Crippen LogP contribution < -0.4 is 5.73 Å². The fourth-order valence-corrected chi connectivity index (χ4v) is 2.82. The number of ether oxygens (including phenoxy) is 2. The average Bonchev–Trinajstić information content (AvgIpc) is 2.95. The molecule has 1 aliphatic heterocycles. The summed E-state index contributed by atoms with van der Waals surface area (Å²) in [5.74, 6) is -0.589. The predicted octanol–water partition coefficient (Wildman–Crippen LogP) is 0.563. The monoisotopic (exact) mass is 326 g/mol. The second-order valence-electron chi connectivity index (χ2n) is 5.53. The summed E-state index contributed by atoms with van der Waals surface area (Å²) in [6.45, 7) is 1.83. The molecule has 1 fully saturated rings. The molecule has 2 aromatic rings. The van der Waals surface area contributed by atoms with Crippen LogP contribution in [0.4, 0.5) is 10.2 Å². The topological polar surface area (TPSA) is 112 Å². The maximum Gasteiger partial charge on any atom is 0.303 e. The van der Waals surface area contributed by atoms with Gasteiger partial charge in [0.15, 0.2) is 18.0 Å². The molecule has 0 radical (unpaired) electrons. The van der Waals surface area contributed by atoms with E-state index in [0.29, 0.717) is 0 Å². The van der Waals surface area contributed by atoms with Crippen molar-refractivity contribution in [3.63, 3.8) is 0 Å². The summed E-state index contributed by atoms with van der Waals surface area (Å²) in [6.07, 6.45) is -1.07. The van der Waals surface area contributed by atoms with Gasteiger partial charge in [-0.3, -0.25) is 4.79 Å². The fraction of sp³-hybridized carbons (Fsp3) is 0.500. The summed E-state index contributed by atoms with van der Waals surface area (Å²) < 4.78 is 35.3. The van der Waals surface area contributed by atoms with Crippen molar-refractivity contribution in [3.8, 4) is 0 Å². The van der Waals surface area contributed by atoms with Gasteiger partial charge in [-0.15, -0.1) is 0 Å². The molecule has 0 aliphatic carbocycles. The van der Waals surface area contributed by atoms with Crippen molar-refractivity contribution >= 4 is 22.8 Å². The van der Waals surface area contributed by atoms with Crippen LogP contribution in [0.15, 0.2) is 18.6 Å². The summed E-state index contributed by atoms with van der Waals surface area (Å²) in [5, 5.41) is 9.71. The van der Waals surface area contributed by atoms with Gasteiger partial charge < -0.3 is 24.9 Å². The van der Waals surface area contributed by atoms with Gasteiger partial charge in [-0.25, -0.2) is 14.4 Å². The molecule has 3 N–H and O–H groups in total. The lowest BCUT2D eigenvalue weighted by Crippen LogP contribution is -2.43. The first-order valence-corrected chi connectivity index (χ1v) is 6.97. The maximum atomic E-state index is 15.4. The van der Waals surface area contributed by atoms with Crippen molar-refractivity contribution in [3.05, 3.63) is 18.6 Å². The van der Waals surface area contributed by atoms with Crippen LogP contribution in [0.1, 0.15) is 21.4 Å². The number of hydrogen-bond donors (Lipinski definition) is 2. The van der Waals surface area contributed by atoms with Crippen LogP contribution in [-0.2, 0) is 14.3 Å². The highest BCUT2D eigenvalue weighted by Crippen LogP contribution is 2.44. The number of nitrogens with zero attached hydrogens (tertiary/aromatic N) is 3. The van der Waals surface area contributed by atoms with Gasteiger partial charge in [0.1, 0.15) is 23.9 Å². The molecule has 3 unspecified atom stereocenters. The number of rotatable bonds is 3. The molecule has 0 aromatic carbocycles. The molecule has 0 saturated carbocycles. The van der Waals surface area contributed by atoms with E-state index in [9.17, 15) is 9.90 Å². The van der Waals surface area contributed by atoms with Gasteiger partial charge in [-0.1, -0.05) is 0 Å². The molecular weight excluding hydrogens is 307 g/mol. The van der Waals surface area contributed by atoms with E-state index in [0.717, 1.165) is 6.92 Å². The SMILES string of the molecule is [3H]c1cn(C2OC(CO)C(OC(C)=O)[C@]2(C)F)c2ncnc(N)c12. The van der Waals surface area contributed by atoms with Gasteiger partial charge in [0.25, 0.3) is 0 Å². The van der Waals surface area contributed by atoms with E-state index in [4.69, 9.17) is 16.6 Å². The summed E-state index contributed by atoms with van der Waals surface area (Å²) >= 11 is 0. The van der Waals surface area contributed by atoms with Crippen molar-refractivity contribution in [2.45, 2.75) is 38.0 Å². The predicted molar refractivity (Wildman–Crippen MR) is 78.0 cm³/mol. The zero-order valence-corrected chi connectivity index (χ0v) is 12.6.